The molecule has 0 aliphatic carbocycles. The van der Waals surface area contributed by atoms with Crippen molar-refractivity contribution in [1.82, 2.24) is 9.88 Å². The maximum Gasteiger partial charge on any atom is 0.257 e. The number of hydrogen-bond acceptors (Lipinski definition) is 3. The van der Waals surface area contributed by atoms with Crippen LogP contribution < -0.4 is 10.6 Å². The van der Waals surface area contributed by atoms with Crippen molar-refractivity contribution in [3.05, 3.63) is 23.8 Å². The number of nitrogens with two attached hydrogens (primary N) is 1. The average molecular weight is 330 g/mol. The van der Waals surface area contributed by atoms with E-state index in [1.165, 1.54) is 4.90 Å². The van der Waals surface area contributed by atoms with Crippen molar-refractivity contribution in [2.45, 2.75) is 27.2 Å². The number of anilines is 2. The summed E-state index contributed by atoms with van der Waals surface area (Å²) in [4.78, 5) is 30.8. The van der Waals surface area contributed by atoms with Gasteiger partial charge in [0.2, 0.25) is 5.91 Å². The smallest absolute Gasteiger partial charge is 0.257 e. The Morgan fingerprint density at radius 2 is 1.79 bits per heavy atom. The van der Waals surface area contributed by atoms with E-state index in [4.69, 9.17) is 5.73 Å². The Morgan fingerprint density at radius 1 is 1.17 bits per heavy atom. The molecule has 1 aromatic heterocycles. The van der Waals surface area contributed by atoms with Crippen molar-refractivity contribution in [2.75, 3.05) is 31.8 Å². The van der Waals surface area contributed by atoms with Crippen molar-refractivity contribution in [3.8, 4) is 0 Å². The Bertz CT molecular complexity index is 784. The van der Waals surface area contributed by atoms with Crippen molar-refractivity contribution in [3.63, 3.8) is 0 Å². The van der Waals surface area contributed by atoms with Gasteiger partial charge in [0.25, 0.3) is 5.91 Å². The number of nitrogen functional groups attached to an aromatic ring is 1. The number of H-pyrrole nitrogens is 1. The maximum absolute atomic E-state index is 12.4. The molecule has 0 saturated carbocycles. The Labute approximate surface area is 142 Å². The normalized spacial score (nSPS) is 11.6. The average Bonchev–Trinajstić information content (AvgIpc) is 2.78. The molecule has 0 atom stereocenters. The van der Waals surface area contributed by atoms with Crippen LogP contribution in [0.1, 0.15) is 37.6 Å². The number of carbonyl (C=O) groups is 2. The van der Waals surface area contributed by atoms with Crippen LogP contribution in [0.15, 0.2) is 18.2 Å². The number of aromatic nitrogens is 1. The highest BCUT2D eigenvalue weighted by atomic mass is 16.2. The van der Waals surface area contributed by atoms with Crippen LogP contribution in [0.25, 0.3) is 10.9 Å². The van der Waals surface area contributed by atoms with Crippen LogP contribution in [0, 0.1) is 5.41 Å². The molecule has 6 nitrogen and oxygen atoms in total. The lowest BCUT2D eigenvalue weighted by atomic mass is 9.91. The zero-order valence-electron chi connectivity index (χ0n) is 15.2. The van der Waals surface area contributed by atoms with E-state index < -0.39 is 0 Å². The highest BCUT2D eigenvalue weighted by molar-refractivity contribution is 6.11. The predicted octanol–water partition coefficient (Wildman–Crippen LogP) is 2.85. The van der Waals surface area contributed by atoms with Gasteiger partial charge < -0.3 is 20.5 Å². The van der Waals surface area contributed by atoms with Gasteiger partial charge in [0.15, 0.2) is 0 Å². The van der Waals surface area contributed by atoms with Gasteiger partial charge in [0.05, 0.1) is 5.56 Å². The Hall–Kier alpha value is -2.50. The lowest BCUT2D eigenvalue weighted by Gasteiger charge is -2.23. The summed E-state index contributed by atoms with van der Waals surface area (Å²) in [5, 5.41) is 0.756. The van der Waals surface area contributed by atoms with Crippen molar-refractivity contribution < 1.29 is 9.59 Å². The molecule has 2 rings (SSSR count). The number of hydrogen-bond donors (Lipinski definition) is 2. The summed E-state index contributed by atoms with van der Waals surface area (Å²) in [7, 11) is 5.13. The molecular weight excluding hydrogens is 304 g/mol. The first-order valence-electron chi connectivity index (χ1n) is 7.90. The molecular formula is C18H26N4O2. The number of nitrogens with zero attached hydrogens (tertiary/aromatic N) is 2. The largest absolute Gasteiger partial charge is 0.385 e. The topological polar surface area (TPSA) is 82.4 Å². The first-order valence-corrected chi connectivity index (χ1v) is 7.90. The van der Waals surface area contributed by atoms with E-state index in [9.17, 15) is 9.59 Å². The fraction of sp³-hybridized carbons (Fsp3) is 0.444. The minimum absolute atomic E-state index is 0.0472. The summed E-state index contributed by atoms with van der Waals surface area (Å²) in [6.45, 7) is 6.10. The van der Waals surface area contributed by atoms with Gasteiger partial charge in [0, 0.05) is 44.2 Å². The van der Waals surface area contributed by atoms with Gasteiger partial charge in [-0.1, -0.05) is 20.8 Å². The number of fused-ring (bicyclic) bond motifs is 1. The highest BCUT2D eigenvalue weighted by Crippen LogP contribution is 2.29. The zero-order chi connectivity index (χ0) is 18.2. The summed E-state index contributed by atoms with van der Waals surface area (Å²) in [6, 6.07) is 5.51. The number of carbonyl (C=O) groups excluding carboxylic acids is 2. The number of aromatic amines is 1. The zero-order valence-corrected chi connectivity index (χ0v) is 15.2. The van der Waals surface area contributed by atoms with E-state index in [1.807, 2.05) is 39.0 Å². The molecule has 3 N–H and O–H groups in total. The lowest BCUT2D eigenvalue weighted by Crippen LogP contribution is -2.29. The van der Waals surface area contributed by atoms with Gasteiger partial charge in [-0.25, -0.2) is 0 Å². The Balaban J connectivity index is 2.39. The van der Waals surface area contributed by atoms with E-state index in [0.29, 0.717) is 17.8 Å². The fourth-order valence-corrected chi connectivity index (χ4v) is 2.59. The van der Waals surface area contributed by atoms with E-state index in [1.54, 1.807) is 26.0 Å². The van der Waals surface area contributed by atoms with Crippen LogP contribution in [-0.2, 0) is 4.79 Å². The second-order valence-corrected chi connectivity index (χ2v) is 7.53. The molecule has 6 heteroatoms. The second-order valence-electron chi connectivity index (χ2n) is 7.53. The molecule has 0 spiro atoms. The number of rotatable bonds is 3. The lowest BCUT2D eigenvalue weighted by molar-refractivity contribution is -0.120. The van der Waals surface area contributed by atoms with Crippen LogP contribution >= 0.6 is 0 Å². The second kappa shape index (κ2) is 6.19. The summed E-state index contributed by atoms with van der Waals surface area (Å²) in [5.41, 5.74) is 7.88. The molecule has 0 bridgehead atoms. The van der Waals surface area contributed by atoms with E-state index in [-0.39, 0.29) is 17.2 Å². The van der Waals surface area contributed by atoms with Gasteiger partial charge in [-0.3, -0.25) is 9.59 Å². The van der Waals surface area contributed by atoms with Gasteiger partial charge in [-0.2, -0.15) is 0 Å². The highest BCUT2D eigenvalue weighted by Gasteiger charge is 2.22. The SMILES string of the molecule is CN(C)C(=O)c1c(N)[nH]c2cc(N(C)C(=O)CC(C)(C)C)ccc12. The maximum atomic E-state index is 12.4. The predicted molar refractivity (Wildman–Crippen MR) is 98.2 cm³/mol. The molecule has 1 aromatic carbocycles. The van der Waals surface area contributed by atoms with Crippen LogP contribution in [0.5, 0.6) is 0 Å². The molecule has 2 amide bonds. The van der Waals surface area contributed by atoms with Crippen molar-refractivity contribution >= 4 is 34.2 Å². The first kappa shape index (κ1) is 17.8. The van der Waals surface area contributed by atoms with Gasteiger partial charge >= 0.3 is 0 Å². The minimum atomic E-state index is -0.149. The Kier molecular flexibility index (Phi) is 4.60. The number of nitrogens with one attached hydrogen (secondary N) is 1. The fourth-order valence-electron chi connectivity index (χ4n) is 2.59. The van der Waals surface area contributed by atoms with Crippen LogP contribution in [0.3, 0.4) is 0 Å². The molecule has 1 heterocycles. The molecule has 0 radical (unpaired) electrons. The molecule has 0 aliphatic rings. The molecule has 0 fully saturated rings. The van der Waals surface area contributed by atoms with Gasteiger partial charge in [0.1, 0.15) is 5.82 Å². The van der Waals surface area contributed by atoms with Crippen molar-refractivity contribution in [1.29, 1.82) is 0 Å². The standard InChI is InChI=1S/C18H26N4O2/c1-18(2,3)10-14(23)22(6)11-7-8-12-13(9-11)20-16(19)15(12)17(24)21(4)5/h7-9,20H,10,19H2,1-6H3. The minimum Gasteiger partial charge on any atom is -0.385 e. The Morgan fingerprint density at radius 3 is 2.33 bits per heavy atom. The molecule has 0 aliphatic heterocycles. The van der Waals surface area contributed by atoms with Gasteiger partial charge in [-0.15, -0.1) is 0 Å². The van der Waals surface area contributed by atoms with E-state index >= 15 is 0 Å². The van der Waals surface area contributed by atoms with Crippen LogP contribution in [0.2, 0.25) is 0 Å². The molecule has 0 unspecified atom stereocenters. The van der Waals surface area contributed by atoms with E-state index in [0.717, 1.165) is 16.6 Å². The van der Waals surface area contributed by atoms with Crippen molar-refractivity contribution in [2.24, 2.45) is 5.41 Å². The number of amides is 2. The summed E-state index contributed by atoms with van der Waals surface area (Å²) in [5.74, 6) is 0.235. The molecule has 130 valence electrons. The first-order chi connectivity index (χ1) is 11.0. The van der Waals surface area contributed by atoms with E-state index in [2.05, 4.69) is 4.98 Å². The molecule has 0 saturated heterocycles. The third-order valence-corrected chi connectivity index (χ3v) is 3.87. The third-order valence-electron chi connectivity index (χ3n) is 3.87. The molecule has 24 heavy (non-hydrogen) atoms. The van der Waals surface area contributed by atoms with Gasteiger partial charge in [-0.05, 0) is 23.6 Å². The third kappa shape index (κ3) is 3.53. The van der Waals surface area contributed by atoms with Crippen LogP contribution in [-0.4, -0.2) is 42.8 Å². The quantitative estimate of drug-likeness (QED) is 0.908. The number of benzene rings is 1. The van der Waals surface area contributed by atoms with Crippen LogP contribution in [0.4, 0.5) is 11.5 Å². The summed E-state index contributed by atoms with van der Waals surface area (Å²) >= 11 is 0. The monoisotopic (exact) mass is 330 g/mol. The summed E-state index contributed by atoms with van der Waals surface area (Å²) < 4.78 is 0. The molecule has 2 aromatic rings. The summed E-state index contributed by atoms with van der Waals surface area (Å²) in [6.07, 6.45) is 0.457.